The van der Waals surface area contributed by atoms with Crippen molar-refractivity contribution in [3.63, 3.8) is 0 Å². The Bertz CT molecular complexity index is 361. The van der Waals surface area contributed by atoms with Gasteiger partial charge in [-0.15, -0.1) is 0 Å². The molecule has 0 atom stereocenters. The zero-order valence-corrected chi connectivity index (χ0v) is 8.46. The van der Waals surface area contributed by atoms with Gasteiger partial charge in [0.1, 0.15) is 11.3 Å². The van der Waals surface area contributed by atoms with Crippen LogP contribution in [0.1, 0.15) is 15.9 Å². The third-order valence-corrected chi connectivity index (χ3v) is 1.89. The molecule has 0 unspecified atom stereocenters. The molecule has 0 fully saturated rings. The summed E-state index contributed by atoms with van der Waals surface area (Å²) < 4.78 is 9.65. The molecule has 0 aliphatic heterocycles. The predicted molar refractivity (Wildman–Crippen MR) is 53.5 cm³/mol. The summed E-state index contributed by atoms with van der Waals surface area (Å²) in [5, 5.41) is 0. The van der Waals surface area contributed by atoms with Crippen molar-refractivity contribution in [3.05, 3.63) is 23.3 Å². The Kier molecular flexibility index (Phi) is 2.96. The van der Waals surface area contributed by atoms with E-state index in [9.17, 15) is 4.79 Å². The van der Waals surface area contributed by atoms with E-state index in [0.717, 1.165) is 5.56 Å². The summed E-state index contributed by atoms with van der Waals surface area (Å²) in [4.78, 5) is 11.3. The molecule has 1 aromatic carbocycles. The van der Waals surface area contributed by atoms with Gasteiger partial charge in [-0.2, -0.15) is 0 Å². The molecule has 2 N–H and O–H groups in total. The summed E-state index contributed by atoms with van der Waals surface area (Å²) in [5.74, 6) is -0.0475. The van der Waals surface area contributed by atoms with Crippen molar-refractivity contribution < 1.29 is 14.3 Å². The van der Waals surface area contributed by atoms with Crippen LogP contribution in [0, 0.1) is 6.92 Å². The molecule has 1 aromatic rings. The maximum Gasteiger partial charge on any atom is 0.343 e. The van der Waals surface area contributed by atoms with Crippen LogP contribution >= 0.6 is 0 Å². The van der Waals surface area contributed by atoms with Crippen molar-refractivity contribution in [2.24, 2.45) is 0 Å². The molecule has 0 heterocycles. The summed E-state index contributed by atoms with van der Waals surface area (Å²) in [6.07, 6.45) is 0. The fraction of sp³-hybridized carbons (Fsp3) is 0.300. The summed E-state index contributed by atoms with van der Waals surface area (Å²) in [7, 11) is 2.79. The molecular weight excluding hydrogens is 182 g/mol. The number of hydrogen-bond donors (Lipinski definition) is 1. The van der Waals surface area contributed by atoms with E-state index in [2.05, 4.69) is 4.74 Å². The highest BCUT2D eigenvalue weighted by Gasteiger charge is 2.16. The van der Waals surface area contributed by atoms with Crippen molar-refractivity contribution in [1.82, 2.24) is 0 Å². The number of esters is 1. The van der Waals surface area contributed by atoms with Gasteiger partial charge < -0.3 is 15.2 Å². The topological polar surface area (TPSA) is 61.5 Å². The Morgan fingerprint density at radius 1 is 1.36 bits per heavy atom. The average molecular weight is 195 g/mol. The first kappa shape index (κ1) is 10.4. The van der Waals surface area contributed by atoms with Crippen molar-refractivity contribution in [2.45, 2.75) is 6.92 Å². The minimum Gasteiger partial charge on any atom is -0.496 e. The molecule has 14 heavy (non-hydrogen) atoms. The van der Waals surface area contributed by atoms with E-state index in [4.69, 9.17) is 10.5 Å². The Morgan fingerprint density at radius 2 is 2.00 bits per heavy atom. The number of nitrogen functional groups attached to an aromatic ring is 1. The Hall–Kier alpha value is -1.71. The maximum absolute atomic E-state index is 11.3. The molecule has 4 heteroatoms. The van der Waals surface area contributed by atoms with Crippen molar-refractivity contribution in [2.75, 3.05) is 20.0 Å². The molecular formula is C10H13NO3. The number of hydrogen-bond acceptors (Lipinski definition) is 4. The number of carbonyl (C=O) groups excluding carboxylic acids is 1. The molecule has 0 amide bonds. The summed E-state index contributed by atoms with van der Waals surface area (Å²) >= 11 is 0. The molecule has 0 aliphatic rings. The molecule has 0 saturated carbocycles. The fourth-order valence-corrected chi connectivity index (χ4v) is 1.26. The smallest absolute Gasteiger partial charge is 0.343 e. The molecule has 0 radical (unpaired) electrons. The van der Waals surface area contributed by atoms with Crippen molar-refractivity contribution >= 4 is 11.7 Å². The van der Waals surface area contributed by atoms with E-state index >= 15 is 0 Å². The van der Waals surface area contributed by atoms with Crippen LogP contribution in [-0.4, -0.2) is 20.2 Å². The summed E-state index contributed by atoms with van der Waals surface area (Å²) in [5.41, 5.74) is 7.28. The minimum absolute atomic E-state index is 0.278. The first-order chi connectivity index (χ1) is 6.60. The molecule has 0 aliphatic carbocycles. The molecule has 1 rings (SSSR count). The lowest BCUT2D eigenvalue weighted by molar-refractivity contribution is 0.0598. The van der Waals surface area contributed by atoms with Crippen LogP contribution in [0.25, 0.3) is 0 Å². The number of ether oxygens (including phenoxy) is 2. The molecule has 0 aromatic heterocycles. The maximum atomic E-state index is 11.3. The zero-order chi connectivity index (χ0) is 10.7. The lowest BCUT2D eigenvalue weighted by atomic mass is 10.1. The number of benzene rings is 1. The number of rotatable bonds is 2. The van der Waals surface area contributed by atoms with Crippen LogP contribution in [0.3, 0.4) is 0 Å². The van der Waals surface area contributed by atoms with E-state index in [1.807, 2.05) is 6.92 Å². The zero-order valence-electron chi connectivity index (χ0n) is 8.46. The number of nitrogens with two attached hydrogens (primary N) is 1. The van der Waals surface area contributed by atoms with E-state index in [-0.39, 0.29) is 5.56 Å². The highest BCUT2D eigenvalue weighted by Crippen LogP contribution is 2.26. The minimum atomic E-state index is -0.487. The number of anilines is 1. The van der Waals surface area contributed by atoms with Crippen molar-refractivity contribution in [1.29, 1.82) is 0 Å². The van der Waals surface area contributed by atoms with Gasteiger partial charge in [0.25, 0.3) is 0 Å². The SMILES string of the molecule is COC(=O)c1c(N)cc(C)cc1OC. The van der Waals surface area contributed by atoms with Gasteiger partial charge in [-0.1, -0.05) is 0 Å². The van der Waals surface area contributed by atoms with Crippen molar-refractivity contribution in [3.8, 4) is 5.75 Å². The van der Waals surface area contributed by atoms with Gasteiger partial charge in [0.05, 0.1) is 19.9 Å². The highest BCUT2D eigenvalue weighted by molar-refractivity contribution is 5.98. The van der Waals surface area contributed by atoms with Crippen LogP contribution in [0.2, 0.25) is 0 Å². The van der Waals surface area contributed by atoms with E-state index < -0.39 is 5.97 Å². The normalized spacial score (nSPS) is 9.64. The average Bonchev–Trinajstić information content (AvgIpc) is 2.15. The van der Waals surface area contributed by atoms with Crippen LogP contribution < -0.4 is 10.5 Å². The van der Waals surface area contributed by atoms with Gasteiger partial charge in [0, 0.05) is 0 Å². The number of carbonyl (C=O) groups is 1. The lowest BCUT2D eigenvalue weighted by Crippen LogP contribution is -2.08. The first-order valence-electron chi connectivity index (χ1n) is 4.12. The Morgan fingerprint density at radius 3 is 2.50 bits per heavy atom. The summed E-state index contributed by atoms with van der Waals surface area (Å²) in [6.45, 7) is 1.87. The van der Waals surface area contributed by atoms with Gasteiger partial charge in [-0.05, 0) is 24.6 Å². The van der Waals surface area contributed by atoms with E-state index in [0.29, 0.717) is 11.4 Å². The van der Waals surface area contributed by atoms with Gasteiger partial charge in [-0.25, -0.2) is 4.79 Å². The molecule has 0 spiro atoms. The quantitative estimate of drug-likeness (QED) is 0.572. The first-order valence-corrected chi connectivity index (χ1v) is 4.12. The Labute approximate surface area is 82.6 Å². The Balaban J connectivity index is 3.32. The van der Waals surface area contributed by atoms with Crippen LogP contribution in [0.15, 0.2) is 12.1 Å². The predicted octanol–water partition coefficient (Wildman–Crippen LogP) is 1.37. The van der Waals surface area contributed by atoms with Gasteiger partial charge >= 0.3 is 5.97 Å². The lowest BCUT2D eigenvalue weighted by Gasteiger charge is -2.10. The summed E-state index contributed by atoms with van der Waals surface area (Å²) in [6, 6.07) is 3.44. The third kappa shape index (κ3) is 1.79. The van der Waals surface area contributed by atoms with Gasteiger partial charge in [0.15, 0.2) is 0 Å². The second-order valence-corrected chi connectivity index (χ2v) is 2.92. The number of aryl methyl sites for hydroxylation is 1. The molecule has 4 nitrogen and oxygen atoms in total. The highest BCUT2D eigenvalue weighted by atomic mass is 16.5. The van der Waals surface area contributed by atoms with Crippen LogP contribution in [0.4, 0.5) is 5.69 Å². The van der Waals surface area contributed by atoms with Gasteiger partial charge in [0.2, 0.25) is 0 Å². The standard InChI is InChI=1S/C10H13NO3/c1-6-4-7(11)9(10(12)14-3)8(5-6)13-2/h4-5H,11H2,1-3H3. The molecule has 0 bridgehead atoms. The monoisotopic (exact) mass is 195 g/mol. The third-order valence-electron chi connectivity index (χ3n) is 1.89. The molecule has 76 valence electrons. The van der Waals surface area contributed by atoms with Crippen LogP contribution in [0.5, 0.6) is 5.75 Å². The van der Waals surface area contributed by atoms with E-state index in [1.165, 1.54) is 14.2 Å². The largest absolute Gasteiger partial charge is 0.496 e. The second-order valence-electron chi connectivity index (χ2n) is 2.92. The van der Waals surface area contributed by atoms with Gasteiger partial charge in [-0.3, -0.25) is 0 Å². The fourth-order valence-electron chi connectivity index (χ4n) is 1.26. The second kappa shape index (κ2) is 4.00. The van der Waals surface area contributed by atoms with Crippen LogP contribution in [-0.2, 0) is 4.74 Å². The van der Waals surface area contributed by atoms with E-state index in [1.54, 1.807) is 12.1 Å². The number of methoxy groups -OCH3 is 2. The molecule has 0 saturated heterocycles.